The fraction of sp³-hybridized carbons (Fsp3) is 0.474. The second-order valence-corrected chi connectivity index (χ2v) is 6.49. The molecule has 0 radical (unpaired) electrons. The van der Waals surface area contributed by atoms with Crippen LogP contribution in [0, 0.1) is 29.6 Å². The molecule has 0 N–H and O–H groups in total. The molecule has 0 aromatic carbocycles. The van der Waals surface area contributed by atoms with Gasteiger partial charge in [-0.05, 0) is 26.8 Å². The quantitative estimate of drug-likeness (QED) is 0.640. The van der Waals surface area contributed by atoms with Crippen LogP contribution >= 0.6 is 0 Å². The van der Waals surface area contributed by atoms with Crippen molar-refractivity contribution in [2.75, 3.05) is 19.7 Å². The summed E-state index contributed by atoms with van der Waals surface area (Å²) in [6, 6.07) is 5.69. The van der Waals surface area contributed by atoms with Gasteiger partial charge in [0.15, 0.2) is 12.3 Å². The molecule has 2 aromatic rings. The monoisotopic (exact) mass is 382 g/mol. The standard InChI is InChI=1S/C19H22N6O3/c1-13(2)25-18-15(11-22-25)10-16(14(3)23-18)19(27)28-12-17(26)24(8-4-6-20)9-5-7-21/h10-11,13H,4-5,8-9,12H2,1-3H3. The second kappa shape index (κ2) is 9.47. The first-order chi connectivity index (χ1) is 13.4. The predicted octanol–water partition coefficient (Wildman–Crippen LogP) is 2.13. The van der Waals surface area contributed by atoms with Crippen molar-refractivity contribution < 1.29 is 14.3 Å². The van der Waals surface area contributed by atoms with Crippen LogP contribution in [0.15, 0.2) is 12.3 Å². The maximum absolute atomic E-state index is 12.4. The average Bonchev–Trinajstić information content (AvgIpc) is 3.08. The number of fused-ring (bicyclic) bond motifs is 1. The summed E-state index contributed by atoms with van der Waals surface area (Å²) in [5.41, 5.74) is 1.43. The SMILES string of the molecule is Cc1nc2c(cnn2C(C)C)cc1C(=O)OCC(=O)N(CCC#N)CCC#N. The lowest BCUT2D eigenvalue weighted by atomic mass is 10.2. The first kappa shape index (κ1) is 20.8. The maximum Gasteiger partial charge on any atom is 0.340 e. The minimum absolute atomic E-state index is 0.132. The molecule has 9 heteroatoms. The number of pyridine rings is 1. The van der Waals surface area contributed by atoms with E-state index < -0.39 is 18.5 Å². The maximum atomic E-state index is 12.4. The van der Waals surface area contributed by atoms with Crippen molar-refractivity contribution in [3.63, 3.8) is 0 Å². The molecule has 9 nitrogen and oxygen atoms in total. The number of carbonyl (C=O) groups is 2. The number of nitriles is 2. The van der Waals surface area contributed by atoms with Crippen LogP contribution in [0.25, 0.3) is 11.0 Å². The fourth-order valence-corrected chi connectivity index (χ4v) is 2.68. The summed E-state index contributed by atoms with van der Waals surface area (Å²) in [5.74, 6) is -1.10. The number of hydrogen-bond donors (Lipinski definition) is 0. The number of esters is 1. The topological polar surface area (TPSA) is 125 Å². The summed E-state index contributed by atoms with van der Waals surface area (Å²) in [5, 5.41) is 22.4. The third-order valence-electron chi connectivity index (χ3n) is 4.14. The highest BCUT2D eigenvalue weighted by atomic mass is 16.5. The molecule has 0 atom stereocenters. The van der Waals surface area contributed by atoms with Gasteiger partial charge in [-0.2, -0.15) is 15.6 Å². The molecule has 2 rings (SSSR count). The molecule has 0 fully saturated rings. The van der Waals surface area contributed by atoms with E-state index in [0.29, 0.717) is 16.7 Å². The molecule has 146 valence electrons. The van der Waals surface area contributed by atoms with Crippen LogP contribution in [0.4, 0.5) is 0 Å². The number of amides is 1. The molecular weight excluding hydrogens is 360 g/mol. The van der Waals surface area contributed by atoms with E-state index in [0.717, 1.165) is 0 Å². The van der Waals surface area contributed by atoms with Crippen molar-refractivity contribution in [1.82, 2.24) is 19.7 Å². The van der Waals surface area contributed by atoms with Gasteiger partial charge in [0.25, 0.3) is 5.91 Å². The van der Waals surface area contributed by atoms with Crippen LogP contribution in [0.1, 0.15) is 48.8 Å². The number of nitrogens with zero attached hydrogens (tertiary/aromatic N) is 6. The van der Waals surface area contributed by atoms with E-state index in [4.69, 9.17) is 15.3 Å². The Morgan fingerprint density at radius 3 is 2.46 bits per heavy atom. The Bertz CT molecular complexity index is 933. The van der Waals surface area contributed by atoms with E-state index >= 15 is 0 Å². The van der Waals surface area contributed by atoms with E-state index in [2.05, 4.69) is 10.1 Å². The van der Waals surface area contributed by atoms with E-state index in [9.17, 15) is 9.59 Å². The zero-order chi connectivity index (χ0) is 20.7. The summed E-state index contributed by atoms with van der Waals surface area (Å²) < 4.78 is 6.92. The fourth-order valence-electron chi connectivity index (χ4n) is 2.68. The van der Waals surface area contributed by atoms with E-state index in [1.807, 2.05) is 26.0 Å². The normalized spacial score (nSPS) is 10.5. The molecule has 2 aromatic heterocycles. The lowest BCUT2D eigenvalue weighted by Crippen LogP contribution is -2.36. The Balaban J connectivity index is 2.09. The Labute approximate surface area is 163 Å². The molecule has 0 spiro atoms. The Morgan fingerprint density at radius 1 is 1.25 bits per heavy atom. The Hall–Kier alpha value is -3.46. The van der Waals surface area contributed by atoms with Gasteiger partial charge in [0.2, 0.25) is 0 Å². The zero-order valence-corrected chi connectivity index (χ0v) is 16.2. The molecule has 0 aliphatic carbocycles. The number of aryl methyl sites for hydroxylation is 1. The smallest absolute Gasteiger partial charge is 0.340 e. The molecule has 0 aliphatic rings. The highest BCUT2D eigenvalue weighted by Crippen LogP contribution is 2.19. The highest BCUT2D eigenvalue weighted by molar-refractivity contribution is 5.95. The van der Waals surface area contributed by atoms with Gasteiger partial charge >= 0.3 is 5.97 Å². The molecule has 0 unspecified atom stereocenters. The van der Waals surface area contributed by atoms with Crippen LogP contribution in [0.5, 0.6) is 0 Å². The zero-order valence-electron chi connectivity index (χ0n) is 16.2. The van der Waals surface area contributed by atoms with E-state index in [1.54, 1.807) is 23.9 Å². The van der Waals surface area contributed by atoms with Gasteiger partial charge in [0.1, 0.15) is 0 Å². The molecular formula is C19H22N6O3. The minimum Gasteiger partial charge on any atom is -0.452 e. The van der Waals surface area contributed by atoms with Gasteiger partial charge in [-0.25, -0.2) is 14.5 Å². The van der Waals surface area contributed by atoms with Crippen molar-refractivity contribution in [2.45, 2.75) is 39.7 Å². The van der Waals surface area contributed by atoms with Crippen molar-refractivity contribution in [1.29, 1.82) is 10.5 Å². The lowest BCUT2D eigenvalue weighted by molar-refractivity contribution is -0.134. The number of aromatic nitrogens is 3. The van der Waals surface area contributed by atoms with Crippen molar-refractivity contribution in [2.24, 2.45) is 0 Å². The van der Waals surface area contributed by atoms with Crippen molar-refractivity contribution in [3.8, 4) is 12.1 Å². The van der Waals surface area contributed by atoms with Crippen LogP contribution in [0.3, 0.4) is 0 Å². The highest BCUT2D eigenvalue weighted by Gasteiger charge is 2.19. The van der Waals surface area contributed by atoms with Crippen molar-refractivity contribution >= 4 is 22.9 Å². The predicted molar refractivity (Wildman–Crippen MR) is 100.0 cm³/mol. The third-order valence-corrected chi connectivity index (χ3v) is 4.14. The lowest BCUT2D eigenvalue weighted by Gasteiger charge is -2.20. The summed E-state index contributed by atoms with van der Waals surface area (Å²) >= 11 is 0. The van der Waals surface area contributed by atoms with E-state index in [-0.39, 0.29) is 37.5 Å². The number of rotatable bonds is 8. The van der Waals surface area contributed by atoms with Crippen LogP contribution in [-0.4, -0.2) is 51.2 Å². The molecule has 0 saturated carbocycles. The van der Waals surface area contributed by atoms with Gasteiger partial charge in [0.05, 0.1) is 42.4 Å². The molecule has 0 bridgehead atoms. The third kappa shape index (κ3) is 4.83. The van der Waals surface area contributed by atoms with Crippen LogP contribution in [-0.2, 0) is 9.53 Å². The number of carbonyl (C=O) groups excluding carboxylic acids is 2. The summed E-state index contributed by atoms with van der Waals surface area (Å²) in [6.45, 7) is 5.59. The summed E-state index contributed by atoms with van der Waals surface area (Å²) in [6.07, 6.45) is 1.92. The Morgan fingerprint density at radius 2 is 1.89 bits per heavy atom. The Kier molecular flexibility index (Phi) is 7.05. The van der Waals surface area contributed by atoms with Crippen molar-refractivity contribution in [3.05, 3.63) is 23.5 Å². The average molecular weight is 382 g/mol. The van der Waals surface area contributed by atoms with Gasteiger partial charge in [-0.3, -0.25) is 4.79 Å². The molecule has 0 aliphatic heterocycles. The molecule has 0 saturated heterocycles. The largest absolute Gasteiger partial charge is 0.452 e. The van der Waals surface area contributed by atoms with Gasteiger partial charge < -0.3 is 9.64 Å². The molecule has 2 heterocycles. The summed E-state index contributed by atoms with van der Waals surface area (Å²) in [4.78, 5) is 30.5. The summed E-state index contributed by atoms with van der Waals surface area (Å²) in [7, 11) is 0. The van der Waals surface area contributed by atoms with Gasteiger partial charge in [-0.1, -0.05) is 0 Å². The van der Waals surface area contributed by atoms with Gasteiger partial charge in [-0.15, -0.1) is 0 Å². The first-order valence-corrected chi connectivity index (χ1v) is 8.92. The van der Waals surface area contributed by atoms with Crippen LogP contribution < -0.4 is 0 Å². The minimum atomic E-state index is -0.655. The molecule has 28 heavy (non-hydrogen) atoms. The van der Waals surface area contributed by atoms with E-state index in [1.165, 1.54) is 4.90 Å². The van der Waals surface area contributed by atoms with Crippen LogP contribution in [0.2, 0.25) is 0 Å². The second-order valence-electron chi connectivity index (χ2n) is 6.49. The van der Waals surface area contributed by atoms with Gasteiger partial charge in [0, 0.05) is 24.5 Å². The first-order valence-electron chi connectivity index (χ1n) is 8.92. The molecule has 1 amide bonds. The number of ether oxygens (including phenoxy) is 1. The number of hydrogen-bond acceptors (Lipinski definition) is 7.